The molecule has 0 spiro atoms. The number of amides is 1. The summed E-state index contributed by atoms with van der Waals surface area (Å²) < 4.78 is 5.03. The second kappa shape index (κ2) is 4.76. The third-order valence-electron chi connectivity index (χ3n) is 3.87. The first-order chi connectivity index (χ1) is 9.08. The summed E-state index contributed by atoms with van der Waals surface area (Å²) in [6.45, 7) is 1.03. The minimum absolute atomic E-state index is 0.0701. The van der Waals surface area contributed by atoms with Crippen LogP contribution in [-0.4, -0.2) is 35.3 Å². The predicted molar refractivity (Wildman–Crippen MR) is 71.9 cm³/mol. The van der Waals surface area contributed by atoms with E-state index in [0.717, 1.165) is 12.8 Å². The van der Waals surface area contributed by atoms with Gasteiger partial charge in [0.25, 0.3) is 0 Å². The molecule has 1 aromatic carbocycles. The molecule has 102 valence electrons. The molecule has 1 amide bonds. The van der Waals surface area contributed by atoms with Crippen molar-refractivity contribution in [3.05, 3.63) is 27.7 Å². The van der Waals surface area contributed by atoms with E-state index < -0.39 is 0 Å². The first-order valence-corrected chi connectivity index (χ1v) is 6.93. The molecule has 2 aliphatic rings. The van der Waals surface area contributed by atoms with Crippen LogP contribution in [0.3, 0.4) is 0 Å². The molecule has 4 nitrogen and oxygen atoms in total. The lowest BCUT2D eigenvalue weighted by atomic mass is 9.85. The fourth-order valence-electron chi connectivity index (χ4n) is 2.91. The number of phenols is 1. The van der Waals surface area contributed by atoms with E-state index in [1.54, 1.807) is 17.0 Å². The average molecular weight is 302 g/mol. The van der Waals surface area contributed by atoms with E-state index in [4.69, 9.17) is 27.9 Å². The smallest absolute Gasteiger partial charge is 0.410 e. The van der Waals surface area contributed by atoms with Crippen LogP contribution in [-0.2, 0) is 4.74 Å². The van der Waals surface area contributed by atoms with Crippen molar-refractivity contribution in [2.45, 2.75) is 24.8 Å². The molecule has 1 unspecified atom stereocenters. The molecule has 0 bridgehead atoms. The molecule has 3 rings (SSSR count). The van der Waals surface area contributed by atoms with Gasteiger partial charge < -0.3 is 14.7 Å². The van der Waals surface area contributed by atoms with Gasteiger partial charge in [0, 0.05) is 12.1 Å². The van der Waals surface area contributed by atoms with Gasteiger partial charge in [0.15, 0.2) is 0 Å². The van der Waals surface area contributed by atoms with E-state index in [-0.39, 0.29) is 23.8 Å². The van der Waals surface area contributed by atoms with Gasteiger partial charge in [-0.25, -0.2) is 4.79 Å². The second-order valence-electron chi connectivity index (χ2n) is 4.94. The molecule has 2 aliphatic heterocycles. The summed E-state index contributed by atoms with van der Waals surface area (Å²) in [6.07, 6.45) is 1.24. The van der Waals surface area contributed by atoms with E-state index in [0.29, 0.717) is 28.8 Å². The summed E-state index contributed by atoms with van der Waals surface area (Å²) in [4.78, 5) is 13.2. The van der Waals surface area contributed by atoms with Crippen molar-refractivity contribution in [1.29, 1.82) is 0 Å². The number of aromatic hydroxyl groups is 1. The summed E-state index contributed by atoms with van der Waals surface area (Å²) in [5, 5.41) is 10.9. The lowest BCUT2D eigenvalue weighted by Gasteiger charge is -2.33. The maximum Gasteiger partial charge on any atom is 0.410 e. The Kier molecular flexibility index (Phi) is 3.23. The van der Waals surface area contributed by atoms with Crippen molar-refractivity contribution in [2.24, 2.45) is 0 Å². The van der Waals surface area contributed by atoms with Crippen LogP contribution in [0, 0.1) is 0 Å². The van der Waals surface area contributed by atoms with Gasteiger partial charge in [0.2, 0.25) is 0 Å². The van der Waals surface area contributed by atoms with Gasteiger partial charge in [-0.3, -0.25) is 0 Å². The van der Waals surface area contributed by atoms with Gasteiger partial charge in [-0.2, -0.15) is 0 Å². The Morgan fingerprint density at radius 3 is 2.95 bits per heavy atom. The van der Waals surface area contributed by atoms with E-state index >= 15 is 0 Å². The molecule has 19 heavy (non-hydrogen) atoms. The highest BCUT2D eigenvalue weighted by molar-refractivity contribution is 6.42. The molecular weight excluding hydrogens is 289 g/mol. The summed E-state index contributed by atoms with van der Waals surface area (Å²) in [7, 11) is 0. The van der Waals surface area contributed by atoms with Crippen molar-refractivity contribution in [1.82, 2.24) is 4.90 Å². The summed E-state index contributed by atoms with van der Waals surface area (Å²) in [5.74, 6) is 0.264. The summed E-state index contributed by atoms with van der Waals surface area (Å²) in [6, 6.07) is 3.22. The lowest BCUT2D eigenvalue weighted by molar-refractivity contribution is 0.152. The quantitative estimate of drug-likeness (QED) is 0.865. The lowest BCUT2D eigenvalue weighted by Crippen LogP contribution is -2.40. The molecule has 2 heterocycles. The van der Waals surface area contributed by atoms with E-state index in [2.05, 4.69) is 0 Å². The Morgan fingerprint density at radius 2 is 2.16 bits per heavy atom. The van der Waals surface area contributed by atoms with Crippen molar-refractivity contribution in [2.75, 3.05) is 13.2 Å². The number of nitrogens with zero attached hydrogens (tertiary/aromatic N) is 1. The minimum atomic E-state index is -0.245. The van der Waals surface area contributed by atoms with E-state index in [1.807, 2.05) is 0 Å². The Bertz CT molecular complexity index is 535. The third-order valence-corrected chi connectivity index (χ3v) is 4.69. The third kappa shape index (κ3) is 2.13. The number of carbonyl (C=O) groups excluding carboxylic acids is 1. The summed E-state index contributed by atoms with van der Waals surface area (Å²) in [5.41, 5.74) is 0.688. The molecule has 0 saturated carbocycles. The van der Waals surface area contributed by atoms with Crippen LogP contribution in [0.15, 0.2) is 12.1 Å². The van der Waals surface area contributed by atoms with Crippen LogP contribution < -0.4 is 0 Å². The largest absolute Gasteiger partial charge is 0.508 e. The maximum absolute atomic E-state index is 11.4. The molecule has 2 saturated heterocycles. The van der Waals surface area contributed by atoms with Crippen LogP contribution in [0.25, 0.3) is 0 Å². The molecule has 0 aliphatic carbocycles. The number of ether oxygens (including phenoxy) is 1. The molecule has 0 aromatic heterocycles. The van der Waals surface area contributed by atoms with Crippen molar-refractivity contribution in [3.63, 3.8) is 0 Å². The molecular formula is C13H13Cl2NO3. The number of carbonyl (C=O) groups is 1. The fraction of sp³-hybridized carbons (Fsp3) is 0.462. The topological polar surface area (TPSA) is 49.8 Å². The van der Waals surface area contributed by atoms with Crippen molar-refractivity contribution in [3.8, 4) is 5.75 Å². The Morgan fingerprint density at radius 1 is 1.37 bits per heavy atom. The molecule has 0 radical (unpaired) electrons. The zero-order valence-corrected chi connectivity index (χ0v) is 11.6. The van der Waals surface area contributed by atoms with E-state index in [9.17, 15) is 9.90 Å². The molecule has 2 fully saturated rings. The number of halogens is 2. The van der Waals surface area contributed by atoms with Crippen LogP contribution >= 0.6 is 23.2 Å². The Labute approximate surface area is 120 Å². The number of cyclic esters (lactones) is 1. The number of piperidine rings is 1. The van der Waals surface area contributed by atoms with Gasteiger partial charge in [0.1, 0.15) is 12.4 Å². The number of hydrogen-bond donors (Lipinski definition) is 1. The first kappa shape index (κ1) is 12.9. The van der Waals surface area contributed by atoms with Crippen LogP contribution in [0.1, 0.15) is 24.3 Å². The zero-order chi connectivity index (χ0) is 13.6. The maximum atomic E-state index is 11.4. The number of benzene rings is 1. The van der Waals surface area contributed by atoms with Gasteiger partial charge >= 0.3 is 6.09 Å². The predicted octanol–water partition coefficient (Wildman–Crippen LogP) is 3.40. The average Bonchev–Trinajstić information content (AvgIpc) is 2.76. The van der Waals surface area contributed by atoms with Gasteiger partial charge in [-0.05, 0) is 30.9 Å². The highest BCUT2D eigenvalue weighted by atomic mass is 35.5. The normalized spacial score (nSPS) is 26.2. The monoisotopic (exact) mass is 301 g/mol. The van der Waals surface area contributed by atoms with Crippen molar-refractivity contribution < 1.29 is 14.6 Å². The summed E-state index contributed by atoms with van der Waals surface area (Å²) >= 11 is 12.2. The highest BCUT2D eigenvalue weighted by Crippen LogP contribution is 2.43. The SMILES string of the molecule is O=C1OC[C@@H]2CC(c3c(O)ccc(Cl)c3Cl)CCN12. The van der Waals surface area contributed by atoms with Gasteiger partial charge in [-0.15, -0.1) is 0 Å². The number of hydrogen-bond acceptors (Lipinski definition) is 3. The Hall–Kier alpha value is -1.13. The van der Waals surface area contributed by atoms with Gasteiger partial charge in [0.05, 0.1) is 16.1 Å². The molecule has 1 N–H and O–H groups in total. The molecule has 1 aromatic rings. The minimum Gasteiger partial charge on any atom is -0.508 e. The van der Waals surface area contributed by atoms with Gasteiger partial charge in [-0.1, -0.05) is 23.2 Å². The van der Waals surface area contributed by atoms with Crippen LogP contribution in [0.5, 0.6) is 5.75 Å². The molecule has 6 heteroatoms. The molecule has 2 atom stereocenters. The van der Waals surface area contributed by atoms with E-state index in [1.165, 1.54) is 0 Å². The fourth-order valence-corrected chi connectivity index (χ4v) is 3.39. The van der Waals surface area contributed by atoms with Crippen molar-refractivity contribution >= 4 is 29.3 Å². The number of phenolic OH excluding ortho intramolecular Hbond substituents is 1. The number of fused-ring (bicyclic) bond motifs is 1. The van der Waals surface area contributed by atoms with Crippen LogP contribution in [0.4, 0.5) is 4.79 Å². The second-order valence-corrected chi connectivity index (χ2v) is 5.72. The highest BCUT2D eigenvalue weighted by Gasteiger charge is 2.39. The first-order valence-electron chi connectivity index (χ1n) is 6.18. The van der Waals surface area contributed by atoms with Crippen LogP contribution in [0.2, 0.25) is 10.0 Å². The standard InChI is InChI=1S/C13H13Cl2NO3/c14-9-1-2-10(17)11(12(9)15)7-3-4-16-8(5-7)6-19-13(16)18/h1-2,7-8,17H,3-6H2/t7?,8-/m0/s1. The Balaban J connectivity index is 1.89. The zero-order valence-electron chi connectivity index (χ0n) is 10.1. The number of rotatable bonds is 1.